The fourth-order valence-corrected chi connectivity index (χ4v) is 3.50. The summed E-state index contributed by atoms with van der Waals surface area (Å²) >= 11 is 0. The number of esters is 1. The van der Waals surface area contributed by atoms with Gasteiger partial charge in [0.2, 0.25) is 0 Å². The Balaban J connectivity index is 0.00000106. The Hall–Kier alpha value is -4.82. The molecule has 0 aliphatic heterocycles. The van der Waals surface area contributed by atoms with Crippen molar-refractivity contribution in [2.45, 2.75) is 25.2 Å². The van der Waals surface area contributed by atoms with Gasteiger partial charge < -0.3 is 31.1 Å². The average Bonchev–Trinajstić information content (AvgIpc) is 2.83. The maximum absolute atomic E-state index is 14.4. The minimum atomic E-state index is -5.08. The number of hydrogen-bond acceptors (Lipinski definition) is 8. The van der Waals surface area contributed by atoms with Crippen molar-refractivity contribution >= 4 is 45.7 Å². The summed E-state index contributed by atoms with van der Waals surface area (Å²) in [5.41, 5.74) is 5.85. The summed E-state index contributed by atoms with van der Waals surface area (Å²) in [5.74, 6) is -8.52. The second kappa shape index (κ2) is 14.5. The van der Waals surface area contributed by atoms with Crippen LogP contribution in [0.15, 0.2) is 42.5 Å². The smallest absolute Gasteiger partial charge is 0.481 e. The Morgan fingerprint density at radius 2 is 1.59 bits per heavy atom. The molecule has 41 heavy (non-hydrogen) atoms. The van der Waals surface area contributed by atoms with Crippen LogP contribution in [0.25, 0.3) is 0 Å². The number of nitrogens with two attached hydrogens (primary N) is 1. The Labute approximate surface area is 227 Å². The summed E-state index contributed by atoms with van der Waals surface area (Å²) in [4.78, 5) is 42.8. The number of alkyl halides is 3. The lowest BCUT2D eigenvalue weighted by Gasteiger charge is -2.14. The molecule has 9 N–H and O–H groups in total. The normalized spacial score (nSPS) is 11.8. The zero-order valence-electron chi connectivity index (χ0n) is 20.2. The van der Waals surface area contributed by atoms with Crippen LogP contribution in [-0.4, -0.2) is 65.8 Å². The number of aliphatic carboxylic acids is 3. The summed E-state index contributed by atoms with van der Waals surface area (Å²) in [6.07, 6.45) is -6.07. The first-order chi connectivity index (χ1) is 18.8. The summed E-state index contributed by atoms with van der Waals surface area (Å²) in [6, 6.07) is 7.02. The third kappa shape index (κ3) is 12.7. The second-order valence-electron chi connectivity index (χ2n) is 7.50. The summed E-state index contributed by atoms with van der Waals surface area (Å²) in [6.45, 7) is -0.468. The van der Waals surface area contributed by atoms with Gasteiger partial charge in [-0.1, -0.05) is 6.07 Å². The quantitative estimate of drug-likeness (QED) is 0.0578. The minimum Gasteiger partial charge on any atom is -0.481 e. The van der Waals surface area contributed by atoms with Crippen molar-refractivity contribution < 1.29 is 65.2 Å². The van der Waals surface area contributed by atoms with Gasteiger partial charge in [-0.05, 0) is 42.0 Å². The van der Waals surface area contributed by atoms with Crippen molar-refractivity contribution in [1.29, 1.82) is 5.41 Å². The van der Waals surface area contributed by atoms with Crippen LogP contribution in [0.5, 0.6) is 5.75 Å². The van der Waals surface area contributed by atoms with Crippen molar-refractivity contribution in [2.75, 3.05) is 5.32 Å². The molecule has 0 unspecified atom stereocenters. The molecule has 2 aromatic rings. The van der Waals surface area contributed by atoms with E-state index in [2.05, 4.69) is 5.32 Å². The fourth-order valence-electron chi connectivity index (χ4n) is 2.50. The maximum Gasteiger partial charge on any atom is 0.490 e. The van der Waals surface area contributed by atoms with Crippen molar-refractivity contribution in [3.63, 3.8) is 0 Å². The van der Waals surface area contributed by atoms with E-state index in [1.165, 1.54) is 30.3 Å². The van der Waals surface area contributed by atoms with E-state index in [9.17, 15) is 40.4 Å². The maximum atomic E-state index is 14.4. The lowest BCUT2D eigenvalue weighted by molar-refractivity contribution is -0.192. The van der Waals surface area contributed by atoms with Crippen molar-refractivity contribution in [3.8, 4) is 5.75 Å². The number of nitrogens with one attached hydrogen (secondary N) is 4. The molecule has 2 aromatic carbocycles. The molecule has 0 radical (unpaired) electrons. The number of anilines is 1. The van der Waals surface area contributed by atoms with E-state index in [-0.39, 0.29) is 17.1 Å². The second-order valence-corrected chi connectivity index (χ2v) is 9.04. The molecule has 20 heteroatoms. The predicted molar refractivity (Wildman–Crippen MR) is 130 cm³/mol. The van der Waals surface area contributed by atoms with Gasteiger partial charge in [-0.2, -0.15) is 31.0 Å². The molecular weight excluding hydrogens is 590 g/mol. The molecule has 0 heterocycles. The highest BCUT2D eigenvalue weighted by Gasteiger charge is 2.38. The molecule has 0 aliphatic rings. The van der Waals surface area contributed by atoms with Gasteiger partial charge >= 0.3 is 30.1 Å². The van der Waals surface area contributed by atoms with Crippen LogP contribution in [0.3, 0.4) is 0 Å². The SMILES string of the molecule is N=C(N)Nc1ccc(C(=O)Oc2ccc(CNS(=O)(=O)N[C@@H](CC(=O)O)C(=O)O)cc2F)cc1.O=C(O)C(F)(F)F. The van der Waals surface area contributed by atoms with Crippen LogP contribution in [0.1, 0.15) is 22.3 Å². The number of guanidine groups is 1. The number of hydrogen-bond donors (Lipinski definition) is 8. The first-order valence-electron chi connectivity index (χ1n) is 10.5. The molecular formula is C21H21F4N5O10S. The Bertz CT molecular complexity index is 1400. The van der Waals surface area contributed by atoms with Crippen molar-refractivity contribution in [2.24, 2.45) is 5.73 Å². The standard InChI is InChI=1S/C19H20FN5O8S.C2HF3O2/c20-13-7-10(9-23-34(31,32)25-14(17(28)29)8-16(26)27)1-6-15(13)33-18(30)11-2-4-12(5-3-11)24-19(21)22;3-2(4,5)1(6)7/h1-7,14,23,25H,8-9H2,(H,26,27)(H,28,29)(H4,21,22,24);(H,6,7)/t14-;/m0./s1. The number of rotatable bonds is 11. The predicted octanol–water partition coefficient (Wildman–Crippen LogP) is 0.835. The van der Waals surface area contributed by atoms with Gasteiger partial charge in [0.05, 0.1) is 12.0 Å². The molecule has 0 spiro atoms. The van der Waals surface area contributed by atoms with Gasteiger partial charge in [0, 0.05) is 12.2 Å². The van der Waals surface area contributed by atoms with E-state index in [1.54, 1.807) is 4.72 Å². The zero-order valence-corrected chi connectivity index (χ0v) is 21.0. The van der Waals surface area contributed by atoms with Crippen LogP contribution in [0.2, 0.25) is 0 Å². The number of carboxylic acids is 3. The van der Waals surface area contributed by atoms with Crippen molar-refractivity contribution in [3.05, 3.63) is 59.4 Å². The molecule has 0 aromatic heterocycles. The first kappa shape index (κ1) is 34.2. The van der Waals surface area contributed by atoms with Crippen LogP contribution < -0.4 is 25.2 Å². The highest BCUT2D eigenvalue weighted by molar-refractivity contribution is 7.87. The third-order valence-corrected chi connectivity index (χ3v) is 5.40. The van der Waals surface area contributed by atoms with E-state index >= 15 is 0 Å². The summed E-state index contributed by atoms with van der Waals surface area (Å²) in [7, 11) is -4.44. The van der Waals surface area contributed by atoms with E-state index < -0.39 is 70.8 Å². The monoisotopic (exact) mass is 611 g/mol. The topological polar surface area (TPSA) is 258 Å². The number of benzene rings is 2. The molecule has 0 saturated heterocycles. The Morgan fingerprint density at radius 3 is 2.02 bits per heavy atom. The van der Waals surface area contributed by atoms with Crippen LogP contribution in [-0.2, 0) is 31.1 Å². The molecule has 2 rings (SSSR count). The van der Waals surface area contributed by atoms with Gasteiger partial charge in [-0.15, -0.1) is 0 Å². The van der Waals surface area contributed by atoms with Gasteiger partial charge in [0.1, 0.15) is 6.04 Å². The molecule has 0 aliphatic carbocycles. The highest BCUT2D eigenvalue weighted by Crippen LogP contribution is 2.20. The third-order valence-electron chi connectivity index (χ3n) is 4.28. The van der Waals surface area contributed by atoms with E-state index in [0.717, 1.165) is 12.1 Å². The average molecular weight is 611 g/mol. The molecule has 0 amide bonds. The van der Waals surface area contributed by atoms with Gasteiger partial charge in [0.25, 0.3) is 10.2 Å². The van der Waals surface area contributed by atoms with Crippen molar-refractivity contribution in [1.82, 2.24) is 9.44 Å². The van der Waals surface area contributed by atoms with Crippen LogP contribution in [0.4, 0.5) is 23.2 Å². The largest absolute Gasteiger partial charge is 0.490 e. The molecule has 0 fully saturated rings. The minimum absolute atomic E-state index is 0.0887. The van der Waals surface area contributed by atoms with E-state index in [0.29, 0.717) is 5.69 Å². The van der Waals surface area contributed by atoms with E-state index in [1.807, 2.05) is 4.72 Å². The first-order valence-corrected chi connectivity index (χ1v) is 12.0. The fraction of sp³-hybridized carbons (Fsp3) is 0.190. The molecule has 224 valence electrons. The Kier molecular flexibility index (Phi) is 12.1. The van der Waals surface area contributed by atoms with Gasteiger partial charge in [-0.3, -0.25) is 15.0 Å². The lowest BCUT2D eigenvalue weighted by Crippen LogP contribution is -2.47. The van der Waals surface area contributed by atoms with Crippen LogP contribution in [0, 0.1) is 11.2 Å². The Morgan fingerprint density at radius 1 is 1.02 bits per heavy atom. The summed E-state index contributed by atoms with van der Waals surface area (Å²) < 4.78 is 78.7. The molecule has 15 nitrogen and oxygen atoms in total. The summed E-state index contributed by atoms with van der Waals surface area (Å²) in [5, 5.41) is 34.4. The van der Waals surface area contributed by atoms with Gasteiger partial charge in [-0.25, -0.2) is 14.0 Å². The number of ether oxygens (including phenoxy) is 1. The van der Waals surface area contributed by atoms with Gasteiger partial charge in [0.15, 0.2) is 17.5 Å². The molecule has 1 atom stereocenters. The highest BCUT2D eigenvalue weighted by atomic mass is 32.2. The number of halogens is 4. The molecule has 0 saturated carbocycles. The lowest BCUT2D eigenvalue weighted by atomic mass is 10.2. The van der Waals surface area contributed by atoms with Crippen LogP contribution >= 0.6 is 0 Å². The number of carbonyl (C=O) groups excluding carboxylic acids is 1. The number of carbonyl (C=O) groups is 4. The van der Waals surface area contributed by atoms with E-state index in [4.69, 9.17) is 36.0 Å². The molecule has 0 bridgehead atoms. The zero-order chi connectivity index (χ0) is 31.5. The number of carboxylic acid groups (broad SMARTS) is 3.